The lowest BCUT2D eigenvalue weighted by Crippen LogP contribution is -2.25. The van der Waals surface area contributed by atoms with E-state index in [-0.39, 0.29) is 12.3 Å². The second-order valence-corrected chi connectivity index (χ2v) is 6.77. The van der Waals surface area contributed by atoms with E-state index in [1.165, 1.54) is 25.3 Å². The van der Waals surface area contributed by atoms with Crippen molar-refractivity contribution in [3.8, 4) is 5.75 Å². The summed E-state index contributed by atoms with van der Waals surface area (Å²) in [6, 6.07) is 11.3. The van der Waals surface area contributed by atoms with Crippen molar-refractivity contribution in [1.82, 2.24) is 4.72 Å². The summed E-state index contributed by atoms with van der Waals surface area (Å²) in [6.45, 7) is 1.84. The number of ether oxygens (including phenoxy) is 1. The molecule has 0 atom stereocenters. The number of sulfonamides is 1. The molecule has 118 valence electrons. The molecular weight excluding hydrogens is 305 g/mol. The van der Waals surface area contributed by atoms with E-state index in [1.807, 2.05) is 19.1 Å². The second kappa shape index (κ2) is 6.89. The predicted molar refractivity (Wildman–Crippen MR) is 83.6 cm³/mol. The number of rotatable bonds is 6. The first-order valence-electron chi connectivity index (χ1n) is 6.75. The molecule has 2 aromatic rings. The van der Waals surface area contributed by atoms with Gasteiger partial charge < -0.3 is 4.74 Å². The molecule has 0 bridgehead atoms. The van der Waals surface area contributed by atoms with Crippen LogP contribution in [-0.4, -0.2) is 15.5 Å². The number of aryl methyl sites for hydroxylation is 1. The normalized spacial score (nSPS) is 11.4. The first kappa shape index (κ1) is 16.5. The van der Waals surface area contributed by atoms with Crippen LogP contribution in [0, 0.1) is 12.7 Å². The summed E-state index contributed by atoms with van der Waals surface area (Å²) in [4.78, 5) is 0. The molecule has 0 radical (unpaired) electrons. The minimum Gasteiger partial charge on any atom is -0.496 e. The third kappa shape index (κ3) is 4.29. The average molecular weight is 323 g/mol. The highest BCUT2D eigenvalue weighted by Crippen LogP contribution is 2.19. The summed E-state index contributed by atoms with van der Waals surface area (Å²) >= 11 is 0. The molecule has 0 aliphatic rings. The Morgan fingerprint density at radius 2 is 1.86 bits per heavy atom. The number of nitrogens with one attached hydrogen (secondary N) is 1. The molecule has 0 aromatic heterocycles. The zero-order chi connectivity index (χ0) is 16.2. The Labute approximate surface area is 130 Å². The van der Waals surface area contributed by atoms with Crippen molar-refractivity contribution in [2.45, 2.75) is 19.2 Å². The van der Waals surface area contributed by atoms with E-state index in [0.717, 1.165) is 11.1 Å². The molecule has 0 amide bonds. The maximum atomic E-state index is 13.3. The fourth-order valence-corrected chi connectivity index (χ4v) is 3.31. The van der Waals surface area contributed by atoms with Crippen molar-refractivity contribution < 1.29 is 17.5 Å². The summed E-state index contributed by atoms with van der Waals surface area (Å²) in [5.41, 5.74) is 2.10. The van der Waals surface area contributed by atoms with Crippen LogP contribution < -0.4 is 9.46 Å². The minimum atomic E-state index is -3.52. The molecule has 6 heteroatoms. The molecule has 4 nitrogen and oxygen atoms in total. The molecule has 1 N–H and O–H groups in total. The Morgan fingerprint density at radius 1 is 1.14 bits per heavy atom. The molecule has 0 unspecified atom stereocenters. The molecule has 0 aliphatic heterocycles. The first-order valence-corrected chi connectivity index (χ1v) is 8.41. The molecule has 0 heterocycles. The quantitative estimate of drug-likeness (QED) is 0.889. The minimum absolute atomic E-state index is 0.0187. The number of halogens is 1. The van der Waals surface area contributed by atoms with Gasteiger partial charge in [-0.2, -0.15) is 0 Å². The van der Waals surface area contributed by atoms with E-state index in [0.29, 0.717) is 11.3 Å². The Bertz CT molecular complexity index is 760. The van der Waals surface area contributed by atoms with Crippen LogP contribution in [-0.2, 0) is 22.3 Å². The van der Waals surface area contributed by atoms with Gasteiger partial charge in [0.05, 0.1) is 12.9 Å². The third-order valence-corrected chi connectivity index (χ3v) is 4.61. The van der Waals surface area contributed by atoms with Crippen LogP contribution >= 0.6 is 0 Å². The zero-order valence-electron chi connectivity index (χ0n) is 12.5. The van der Waals surface area contributed by atoms with Crippen LogP contribution in [0.15, 0.2) is 42.5 Å². The van der Waals surface area contributed by atoms with Crippen LogP contribution in [0.5, 0.6) is 5.75 Å². The zero-order valence-corrected chi connectivity index (χ0v) is 13.3. The highest BCUT2D eigenvalue weighted by atomic mass is 32.2. The summed E-state index contributed by atoms with van der Waals surface area (Å²) in [6.07, 6.45) is 0. The van der Waals surface area contributed by atoms with E-state index >= 15 is 0 Å². The van der Waals surface area contributed by atoms with Crippen LogP contribution in [0.25, 0.3) is 0 Å². The van der Waals surface area contributed by atoms with Crippen LogP contribution in [0.3, 0.4) is 0 Å². The molecule has 0 spiro atoms. The highest BCUT2D eigenvalue weighted by Gasteiger charge is 2.14. The van der Waals surface area contributed by atoms with Gasteiger partial charge in [0.15, 0.2) is 0 Å². The van der Waals surface area contributed by atoms with E-state index in [2.05, 4.69) is 4.72 Å². The first-order chi connectivity index (χ1) is 10.4. The van der Waals surface area contributed by atoms with Crippen molar-refractivity contribution >= 4 is 10.0 Å². The number of hydrogen-bond donors (Lipinski definition) is 1. The largest absolute Gasteiger partial charge is 0.496 e. The van der Waals surface area contributed by atoms with Gasteiger partial charge >= 0.3 is 0 Å². The smallest absolute Gasteiger partial charge is 0.216 e. The summed E-state index contributed by atoms with van der Waals surface area (Å²) in [5.74, 6) is -0.106. The van der Waals surface area contributed by atoms with Crippen molar-refractivity contribution in [2.24, 2.45) is 0 Å². The number of benzene rings is 2. The highest BCUT2D eigenvalue weighted by molar-refractivity contribution is 7.88. The lowest BCUT2D eigenvalue weighted by atomic mass is 10.1. The van der Waals surface area contributed by atoms with E-state index in [4.69, 9.17) is 4.74 Å². The molecule has 2 rings (SSSR count). The van der Waals surface area contributed by atoms with E-state index < -0.39 is 15.8 Å². The van der Waals surface area contributed by atoms with Crippen LogP contribution in [0.2, 0.25) is 0 Å². The molecule has 0 fully saturated rings. The fraction of sp³-hybridized carbons (Fsp3) is 0.250. The summed E-state index contributed by atoms with van der Waals surface area (Å²) in [7, 11) is -2.06. The standard InChI is InChI=1S/C16H18FNO3S/c1-12-5-3-4-6-13(12)11-22(19,20)18-10-14-9-15(17)7-8-16(14)21-2/h3-9,18H,10-11H2,1-2H3. The van der Waals surface area contributed by atoms with Crippen LogP contribution in [0.4, 0.5) is 4.39 Å². The van der Waals surface area contributed by atoms with Gasteiger partial charge in [0.2, 0.25) is 10.0 Å². The van der Waals surface area contributed by atoms with Gasteiger partial charge in [0, 0.05) is 12.1 Å². The van der Waals surface area contributed by atoms with Crippen LogP contribution in [0.1, 0.15) is 16.7 Å². The van der Waals surface area contributed by atoms with Crippen molar-refractivity contribution in [2.75, 3.05) is 7.11 Å². The fourth-order valence-electron chi connectivity index (χ4n) is 2.10. The van der Waals surface area contributed by atoms with Gasteiger partial charge in [-0.15, -0.1) is 0 Å². The molecular formula is C16H18FNO3S. The molecule has 2 aromatic carbocycles. The van der Waals surface area contributed by atoms with Gasteiger partial charge in [-0.1, -0.05) is 24.3 Å². The third-order valence-electron chi connectivity index (χ3n) is 3.33. The van der Waals surface area contributed by atoms with Gasteiger partial charge in [0.25, 0.3) is 0 Å². The second-order valence-electron chi connectivity index (χ2n) is 4.96. The SMILES string of the molecule is COc1ccc(F)cc1CNS(=O)(=O)Cc1ccccc1C. The Hall–Kier alpha value is -1.92. The Morgan fingerprint density at radius 3 is 2.55 bits per heavy atom. The molecule has 0 aliphatic carbocycles. The maximum absolute atomic E-state index is 13.3. The van der Waals surface area contributed by atoms with Crippen molar-refractivity contribution in [3.63, 3.8) is 0 Å². The average Bonchev–Trinajstić information content (AvgIpc) is 2.48. The molecule has 0 saturated carbocycles. The maximum Gasteiger partial charge on any atom is 0.216 e. The van der Waals surface area contributed by atoms with Gasteiger partial charge in [-0.3, -0.25) is 0 Å². The van der Waals surface area contributed by atoms with Crippen molar-refractivity contribution in [1.29, 1.82) is 0 Å². The number of methoxy groups -OCH3 is 1. The lowest BCUT2D eigenvalue weighted by Gasteiger charge is -2.11. The monoisotopic (exact) mass is 323 g/mol. The number of hydrogen-bond acceptors (Lipinski definition) is 3. The summed E-state index contributed by atoms with van der Waals surface area (Å²) < 4.78 is 45.2. The van der Waals surface area contributed by atoms with E-state index in [1.54, 1.807) is 12.1 Å². The predicted octanol–water partition coefficient (Wildman–Crippen LogP) is 2.76. The summed E-state index contributed by atoms with van der Waals surface area (Å²) in [5, 5.41) is 0. The molecule has 22 heavy (non-hydrogen) atoms. The Balaban J connectivity index is 2.10. The van der Waals surface area contributed by atoms with Gasteiger partial charge in [0.1, 0.15) is 11.6 Å². The molecule has 0 saturated heterocycles. The lowest BCUT2D eigenvalue weighted by molar-refractivity contribution is 0.407. The van der Waals surface area contributed by atoms with E-state index in [9.17, 15) is 12.8 Å². The topological polar surface area (TPSA) is 55.4 Å². The van der Waals surface area contributed by atoms with Gasteiger partial charge in [-0.25, -0.2) is 17.5 Å². The van der Waals surface area contributed by atoms with Crippen molar-refractivity contribution in [3.05, 3.63) is 65.0 Å². The van der Waals surface area contributed by atoms with Gasteiger partial charge in [-0.05, 0) is 36.2 Å². The Kier molecular flexibility index (Phi) is 5.15.